The summed E-state index contributed by atoms with van der Waals surface area (Å²) in [6.07, 6.45) is 0.773. The van der Waals surface area contributed by atoms with Gasteiger partial charge in [0.15, 0.2) is 0 Å². The Labute approximate surface area is 161 Å². The minimum Gasteiger partial charge on any atom is -0.352 e. The van der Waals surface area contributed by atoms with Crippen molar-refractivity contribution < 1.29 is 9.32 Å². The molecule has 1 aliphatic rings. The summed E-state index contributed by atoms with van der Waals surface area (Å²) in [6, 6.07) is 8.29. The number of carbonyl (C=O) groups is 1. The molecule has 26 heavy (non-hydrogen) atoms. The number of halogens is 1. The van der Waals surface area contributed by atoms with Crippen LogP contribution in [0.3, 0.4) is 0 Å². The monoisotopic (exact) mass is 390 g/mol. The van der Waals surface area contributed by atoms with Gasteiger partial charge in [0.2, 0.25) is 17.6 Å². The van der Waals surface area contributed by atoms with Crippen molar-refractivity contribution in [2.75, 3.05) is 0 Å². The molecule has 136 valence electrons. The summed E-state index contributed by atoms with van der Waals surface area (Å²) in [5.74, 6) is 1.04. The lowest BCUT2D eigenvalue weighted by Gasteiger charge is -2.06. The van der Waals surface area contributed by atoms with Gasteiger partial charge in [0.1, 0.15) is 0 Å². The maximum Gasteiger partial charge on any atom is 0.227 e. The Hall–Kier alpha value is -2.22. The van der Waals surface area contributed by atoms with Crippen molar-refractivity contribution in [2.45, 2.75) is 32.5 Å². The molecule has 0 aliphatic carbocycles. The number of rotatable bonds is 6. The van der Waals surface area contributed by atoms with Gasteiger partial charge >= 0.3 is 0 Å². The van der Waals surface area contributed by atoms with Gasteiger partial charge in [0.05, 0.1) is 0 Å². The van der Waals surface area contributed by atoms with Crippen molar-refractivity contribution in [3.8, 4) is 11.4 Å². The Morgan fingerprint density at radius 2 is 2.15 bits per heavy atom. The molecule has 0 saturated heterocycles. The predicted octanol–water partition coefficient (Wildman–Crippen LogP) is 3.07. The molecule has 6 nitrogen and oxygen atoms in total. The van der Waals surface area contributed by atoms with Crippen molar-refractivity contribution in [1.29, 1.82) is 0 Å². The third-order valence-electron chi connectivity index (χ3n) is 4.20. The van der Waals surface area contributed by atoms with Crippen molar-refractivity contribution in [3.63, 3.8) is 0 Å². The summed E-state index contributed by atoms with van der Waals surface area (Å²) in [4.78, 5) is 16.4. The summed E-state index contributed by atoms with van der Waals surface area (Å²) in [5, 5.41) is 14.1. The smallest absolute Gasteiger partial charge is 0.227 e. The van der Waals surface area contributed by atoms with Crippen LogP contribution in [0.1, 0.15) is 29.0 Å². The van der Waals surface area contributed by atoms with E-state index in [0.29, 0.717) is 31.1 Å². The number of benzene rings is 1. The summed E-state index contributed by atoms with van der Waals surface area (Å²) >= 11 is 1.58. The second-order valence-corrected chi connectivity index (χ2v) is 6.79. The molecule has 8 heteroatoms. The van der Waals surface area contributed by atoms with Gasteiger partial charge in [-0.25, -0.2) is 0 Å². The number of amides is 1. The molecular weight excluding hydrogens is 372 g/mol. The molecule has 1 amide bonds. The molecular formula is C18H19ClN4O2S. The molecule has 0 bridgehead atoms. The van der Waals surface area contributed by atoms with Crippen LogP contribution in [0.4, 0.5) is 0 Å². The Balaban J connectivity index is 0.00000196. The number of hydrogen-bond donors (Lipinski definition) is 2. The normalized spacial score (nSPS) is 12.5. The van der Waals surface area contributed by atoms with Crippen LogP contribution in [0.25, 0.3) is 11.4 Å². The van der Waals surface area contributed by atoms with Gasteiger partial charge in [-0.1, -0.05) is 23.4 Å². The van der Waals surface area contributed by atoms with Crippen LogP contribution in [-0.4, -0.2) is 16.0 Å². The Kier molecular flexibility index (Phi) is 6.03. The zero-order valence-electron chi connectivity index (χ0n) is 14.0. The van der Waals surface area contributed by atoms with Crippen molar-refractivity contribution in [1.82, 2.24) is 20.8 Å². The molecule has 0 radical (unpaired) electrons. The predicted molar refractivity (Wildman–Crippen MR) is 102 cm³/mol. The lowest BCUT2D eigenvalue weighted by atomic mass is 10.1. The van der Waals surface area contributed by atoms with Gasteiger partial charge in [-0.05, 0) is 28.1 Å². The number of nitrogens with one attached hydrogen (secondary N) is 2. The maximum atomic E-state index is 12.0. The van der Waals surface area contributed by atoms with Crippen LogP contribution in [0.15, 0.2) is 39.5 Å². The Morgan fingerprint density at radius 1 is 1.27 bits per heavy atom. The first kappa shape index (κ1) is 18.6. The van der Waals surface area contributed by atoms with Crippen LogP contribution in [0.2, 0.25) is 0 Å². The van der Waals surface area contributed by atoms with Crippen LogP contribution in [0.5, 0.6) is 0 Å². The fourth-order valence-corrected chi connectivity index (χ4v) is 3.47. The van der Waals surface area contributed by atoms with Gasteiger partial charge in [-0.3, -0.25) is 4.79 Å². The van der Waals surface area contributed by atoms with Gasteiger partial charge in [-0.15, -0.1) is 12.4 Å². The van der Waals surface area contributed by atoms with Crippen LogP contribution >= 0.6 is 23.7 Å². The number of aryl methyl sites for hydroxylation is 1. The molecule has 2 N–H and O–H groups in total. The molecule has 1 aliphatic heterocycles. The first-order chi connectivity index (χ1) is 12.3. The van der Waals surface area contributed by atoms with E-state index in [2.05, 4.69) is 39.0 Å². The van der Waals surface area contributed by atoms with E-state index in [1.807, 2.05) is 16.8 Å². The number of thiophene rings is 1. The van der Waals surface area contributed by atoms with Crippen LogP contribution in [0, 0.1) is 0 Å². The molecule has 0 unspecified atom stereocenters. The van der Waals surface area contributed by atoms with E-state index in [4.69, 9.17) is 4.52 Å². The fourth-order valence-electron chi connectivity index (χ4n) is 2.83. The Bertz CT molecular complexity index is 879. The van der Waals surface area contributed by atoms with Crippen molar-refractivity contribution in [2.24, 2.45) is 0 Å². The van der Waals surface area contributed by atoms with E-state index >= 15 is 0 Å². The molecule has 1 aromatic carbocycles. The first-order valence-electron chi connectivity index (χ1n) is 8.21. The largest absolute Gasteiger partial charge is 0.352 e. The molecule has 0 spiro atoms. The molecule has 4 rings (SSSR count). The fraction of sp³-hybridized carbons (Fsp3) is 0.278. The SMILES string of the molecule is Cl.O=C(CCc1nc(-c2ccsc2)no1)NCc1ccc2c(c1)CNC2. The van der Waals surface area contributed by atoms with Gasteiger partial charge in [-0.2, -0.15) is 16.3 Å². The molecule has 3 aromatic rings. The third kappa shape index (κ3) is 4.30. The van der Waals surface area contributed by atoms with E-state index in [9.17, 15) is 4.79 Å². The first-order valence-corrected chi connectivity index (χ1v) is 9.15. The molecule has 0 fully saturated rings. The summed E-state index contributed by atoms with van der Waals surface area (Å²) in [5.41, 5.74) is 4.72. The maximum absolute atomic E-state index is 12.0. The van der Waals surface area contributed by atoms with E-state index in [-0.39, 0.29) is 18.3 Å². The van der Waals surface area contributed by atoms with Gasteiger partial charge in [0.25, 0.3) is 0 Å². The molecule has 0 saturated carbocycles. The minimum absolute atomic E-state index is 0. The second kappa shape index (κ2) is 8.44. The van der Waals surface area contributed by atoms with E-state index in [0.717, 1.165) is 24.2 Å². The zero-order valence-corrected chi connectivity index (χ0v) is 15.7. The highest BCUT2D eigenvalue weighted by molar-refractivity contribution is 7.08. The average Bonchev–Trinajstić information content (AvgIpc) is 3.38. The van der Waals surface area contributed by atoms with Crippen molar-refractivity contribution >= 4 is 29.7 Å². The molecule has 0 atom stereocenters. The number of carbonyl (C=O) groups excluding carboxylic acids is 1. The lowest BCUT2D eigenvalue weighted by Crippen LogP contribution is -2.23. The lowest BCUT2D eigenvalue weighted by molar-refractivity contribution is -0.121. The summed E-state index contributed by atoms with van der Waals surface area (Å²) in [7, 11) is 0. The minimum atomic E-state index is -0.0195. The Morgan fingerprint density at radius 3 is 3.00 bits per heavy atom. The van der Waals surface area contributed by atoms with Crippen LogP contribution < -0.4 is 10.6 Å². The number of nitrogens with zero attached hydrogens (tertiary/aromatic N) is 2. The van der Waals surface area contributed by atoms with E-state index in [1.165, 1.54) is 11.1 Å². The highest BCUT2D eigenvalue weighted by Crippen LogP contribution is 2.19. The molecule has 3 heterocycles. The average molecular weight is 391 g/mol. The summed E-state index contributed by atoms with van der Waals surface area (Å²) in [6.45, 7) is 2.37. The number of aromatic nitrogens is 2. The quantitative estimate of drug-likeness (QED) is 0.676. The second-order valence-electron chi connectivity index (χ2n) is 6.01. The highest BCUT2D eigenvalue weighted by atomic mass is 35.5. The topological polar surface area (TPSA) is 80.0 Å². The van der Waals surface area contributed by atoms with E-state index in [1.54, 1.807) is 11.3 Å². The third-order valence-corrected chi connectivity index (χ3v) is 4.89. The van der Waals surface area contributed by atoms with Gasteiger partial charge < -0.3 is 15.2 Å². The standard InChI is InChI=1S/C18H18N4O2S.ClH/c23-16(20-8-12-1-2-13-9-19-10-15(13)7-12)3-4-17-21-18(22-24-17)14-5-6-25-11-14;/h1-2,5-7,11,19H,3-4,8-10H2,(H,20,23);1H. The van der Waals surface area contributed by atoms with E-state index < -0.39 is 0 Å². The van der Waals surface area contributed by atoms with Gasteiger partial charge in [0, 0.05) is 43.4 Å². The highest BCUT2D eigenvalue weighted by Gasteiger charge is 2.12. The number of fused-ring (bicyclic) bond motifs is 1. The summed E-state index contributed by atoms with van der Waals surface area (Å²) < 4.78 is 5.21. The number of hydrogen-bond acceptors (Lipinski definition) is 6. The zero-order chi connectivity index (χ0) is 17.1. The molecule has 2 aromatic heterocycles. The van der Waals surface area contributed by atoms with Crippen LogP contribution in [-0.2, 0) is 30.8 Å². The van der Waals surface area contributed by atoms with Crippen molar-refractivity contribution in [3.05, 3.63) is 57.6 Å².